The maximum atomic E-state index is 5.14. The van der Waals surface area contributed by atoms with E-state index in [4.69, 9.17) is 14.8 Å². The number of rotatable bonds is 5. The minimum atomic E-state index is 0.601. The number of aromatic nitrogens is 6. The molecule has 32 heavy (non-hydrogen) atoms. The third-order valence-electron chi connectivity index (χ3n) is 5.70. The van der Waals surface area contributed by atoms with Gasteiger partial charge in [0.15, 0.2) is 5.65 Å². The Morgan fingerprint density at radius 2 is 1.84 bits per heavy atom. The highest BCUT2D eigenvalue weighted by Gasteiger charge is 2.17. The van der Waals surface area contributed by atoms with Crippen molar-refractivity contribution in [3.8, 4) is 17.0 Å². The highest BCUT2D eigenvalue weighted by Crippen LogP contribution is 2.32. The van der Waals surface area contributed by atoms with Crippen molar-refractivity contribution in [3.05, 3.63) is 65.2 Å². The number of methoxy groups -OCH3 is 1. The number of ether oxygens (including phenoxy) is 1. The monoisotopic (exact) mass is 427 g/mol. The summed E-state index contributed by atoms with van der Waals surface area (Å²) in [6.07, 6.45) is 1.81. The molecule has 4 aromatic heterocycles. The van der Waals surface area contributed by atoms with E-state index in [2.05, 4.69) is 33.6 Å². The van der Waals surface area contributed by atoms with Crippen LogP contribution in [0.4, 0.5) is 5.82 Å². The SMILES string of the molecule is COc1ccc(CNc2cc(C)nc3c(-c4ccc5c(c4)c(C)nn5C)c(C)nn23)cn1. The first-order valence-corrected chi connectivity index (χ1v) is 10.5. The smallest absolute Gasteiger partial charge is 0.212 e. The van der Waals surface area contributed by atoms with Gasteiger partial charge >= 0.3 is 0 Å². The van der Waals surface area contributed by atoms with Crippen molar-refractivity contribution >= 4 is 22.4 Å². The Hall–Kier alpha value is -3.94. The second-order valence-corrected chi connectivity index (χ2v) is 7.98. The van der Waals surface area contributed by atoms with E-state index in [9.17, 15) is 0 Å². The zero-order valence-corrected chi connectivity index (χ0v) is 18.8. The minimum absolute atomic E-state index is 0.601. The number of benzene rings is 1. The van der Waals surface area contributed by atoms with Crippen LogP contribution in [0, 0.1) is 20.8 Å². The van der Waals surface area contributed by atoms with Crippen LogP contribution in [-0.2, 0) is 13.6 Å². The van der Waals surface area contributed by atoms with Crippen molar-refractivity contribution < 1.29 is 4.74 Å². The van der Waals surface area contributed by atoms with E-state index in [1.165, 1.54) is 0 Å². The molecule has 0 radical (unpaired) electrons. The quantitative estimate of drug-likeness (QED) is 0.452. The van der Waals surface area contributed by atoms with Crippen LogP contribution in [0.25, 0.3) is 27.7 Å². The van der Waals surface area contributed by atoms with Gasteiger partial charge in [-0.25, -0.2) is 9.97 Å². The summed E-state index contributed by atoms with van der Waals surface area (Å²) in [7, 11) is 3.58. The van der Waals surface area contributed by atoms with Crippen LogP contribution in [0.1, 0.15) is 22.6 Å². The summed E-state index contributed by atoms with van der Waals surface area (Å²) in [5.74, 6) is 1.49. The number of aryl methyl sites for hydroxylation is 4. The maximum Gasteiger partial charge on any atom is 0.212 e. The molecule has 0 aliphatic carbocycles. The first-order chi connectivity index (χ1) is 15.4. The lowest BCUT2D eigenvalue weighted by molar-refractivity contribution is 0.397. The Kier molecular flexibility index (Phi) is 4.77. The van der Waals surface area contributed by atoms with Crippen molar-refractivity contribution in [1.82, 2.24) is 29.4 Å². The van der Waals surface area contributed by atoms with Crippen LogP contribution in [0.15, 0.2) is 42.6 Å². The largest absolute Gasteiger partial charge is 0.481 e. The molecule has 4 heterocycles. The average Bonchev–Trinajstić information content (AvgIpc) is 3.27. The van der Waals surface area contributed by atoms with Crippen LogP contribution >= 0.6 is 0 Å². The molecular formula is C24H25N7O. The van der Waals surface area contributed by atoms with Crippen LogP contribution < -0.4 is 10.1 Å². The third kappa shape index (κ3) is 3.33. The van der Waals surface area contributed by atoms with E-state index in [0.717, 1.165) is 56.1 Å². The van der Waals surface area contributed by atoms with Crippen LogP contribution in [0.3, 0.4) is 0 Å². The number of nitrogens with one attached hydrogen (secondary N) is 1. The fourth-order valence-corrected chi connectivity index (χ4v) is 4.13. The Balaban J connectivity index is 1.56. The molecule has 0 fully saturated rings. The summed E-state index contributed by atoms with van der Waals surface area (Å²) in [5.41, 5.74) is 7.98. The molecule has 0 unspecified atom stereocenters. The van der Waals surface area contributed by atoms with Gasteiger partial charge < -0.3 is 10.1 Å². The van der Waals surface area contributed by atoms with Crippen molar-refractivity contribution in [2.75, 3.05) is 12.4 Å². The third-order valence-corrected chi connectivity index (χ3v) is 5.70. The molecule has 0 aliphatic rings. The molecule has 8 heteroatoms. The molecule has 0 amide bonds. The molecular weight excluding hydrogens is 402 g/mol. The molecule has 1 N–H and O–H groups in total. The Morgan fingerprint density at radius 3 is 2.59 bits per heavy atom. The predicted octanol–water partition coefficient (Wildman–Crippen LogP) is 4.22. The lowest BCUT2D eigenvalue weighted by Crippen LogP contribution is -2.07. The summed E-state index contributed by atoms with van der Waals surface area (Å²) in [4.78, 5) is 9.11. The molecule has 0 spiro atoms. The lowest BCUT2D eigenvalue weighted by atomic mass is 10.0. The van der Waals surface area contributed by atoms with Crippen molar-refractivity contribution in [2.24, 2.45) is 7.05 Å². The number of anilines is 1. The van der Waals surface area contributed by atoms with Crippen molar-refractivity contribution in [1.29, 1.82) is 0 Å². The normalized spacial score (nSPS) is 11.4. The van der Waals surface area contributed by atoms with E-state index < -0.39 is 0 Å². The summed E-state index contributed by atoms with van der Waals surface area (Å²) < 4.78 is 8.94. The molecule has 162 valence electrons. The van der Waals surface area contributed by atoms with E-state index in [1.54, 1.807) is 7.11 Å². The molecule has 8 nitrogen and oxygen atoms in total. The summed E-state index contributed by atoms with van der Waals surface area (Å²) in [5, 5.41) is 14.0. The Bertz CT molecular complexity index is 1450. The predicted molar refractivity (Wildman–Crippen MR) is 125 cm³/mol. The Labute approximate surface area is 185 Å². The van der Waals surface area contributed by atoms with Crippen LogP contribution in [0.2, 0.25) is 0 Å². The zero-order chi connectivity index (χ0) is 22.4. The van der Waals surface area contributed by atoms with Gasteiger partial charge in [0.25, 0.3) is 0 Å². The van der Waals surface area contributed by atoms with E-state index in [-0.39, 0.29) is 0 Å². The molecule has 0 saturated heterocycles. The van der Waals surface area contributed by atoms with Gasteiger partial charge in [-0.1, -0.05) is 12.1 Å². The molecule has 0 aliphatic heterocycles. The van der Waals surface area contributed by atoms with Crippen molar-refractivity contribution in [2.45, 2.75) is 27.3 Å². The molecule has 5 aromatic rings. The second-order valence-electron chi connectivity index (χ2n) is 7.98. The number of hydrogen-bond donors (Lipinski definition) is 1. The standard InChI is InChI=1S/C24H25N7O/c1-14-10-21(25-12-17-6-9-22(32-5)26-13-17)31-24(27-14)23(16(3)29-31)18-7-8-20-19(11-18)15(2)28-30(20)4/h6-11,13,25H,12H2,1-5H3. The summed E-state index contributed by atoms with van der Waals surface area (Å²) in [6.45, 7) is 6.68. The molecule has 5 rings (SSSR count). The first-order valence-electron chi connectivity index (χ1n) is 10.5. The van der Waals surface area contributed by atoms with Crippen molar-refractivity contribution in [3.63, 3.8) is 0 Å². The van der Waals surface area contributed by atoms with Crippen LogP contribution in [-0.4, -0.2) is 36.5 Å². The highest BCUT2D eigenvalue weighted by atomic mass is 16.5. The van der Waals surface area contributed by atoms with Gasteiger partial charge in [-0.3, -0.25) is 4.68 Å². The van der Waals surface area contributed by atoms with Gasteiger partial charge in [-0.05, 0) is 44.0 Å². The van der Waals surface area contributed by atoms with Gasteiger partial charge in [0, 0.05) is 48.6 Å². The molecule has 0 atom stereocenters. The zero-order valence-electron chi connectivity index (χ0n) is 18.8. The summed E-state index contributed by atoms with van der Waals surface area (Å²) in [6, 6.07) is 12.3. The first kappa shape index (κ1) is 20.0. The molecule has 0 bridgehead atoms. The number of nitrogens with zero attached hydrogens (tertiary/aromatic N) is 6. The van der Waals surface area contributed by atoms with Gasteiger partial charge in [0.05, 0.1) is 24.0 Å². The molecule has 0 saturated carbocycles. The van der Waals surface area contributed by atoms with Gasteiger partial charge in [0.2, 0.25) is 5.88 Å². The molecule has 1 aromatic carbocycles. The fraction of sp³-hybridized carbons (Fsp3) is 0.250. The number of hydrogen-bond acceptors (Lipinski definition) is 6. The van der Waals surface area contributed by atoms with Crippen LogP contribution in [0.5, 0.6) is 5.88 Å². The van der Waals surface area contributed by atoms with E-state index in [0.29, 0.717) is 12.4 Å². The fourth-order valence-electron chi connectivity index (χ4n) is 4.13. The van der Waals surface area contributed by atoms with E-state index in [1.807, 2.05) is 61.4 Å². The maximum absolute atomic E-state index is 5.14. The van der Waals surface area contributed by atoms with E-state index >= 15 is 0 Å². The number of pyridine rings is 1. The summed E-state index contributed by atoms with van der Waals surface area (Å²) >= 11 is 0. The average molecular weight is 428 g/mol. The second kappa shape index (κ2) is 7.64. The number of fused-ring (bicyclic) bond motifs is 2. The van der Waals surface area contributed by atoms with Gasteiger partial charge in [0.1, 0.15) is 5.82 Å². The van der Waals surface area contributed by atoms with Gasteiger partial charge in [-0.2, -0.15) is 14.7 Å². The topological polar surface area (TPSA) is 82.2 Å². The lowest BCUT2D eigenvalue weighted by Gasteiger charge is -2.10. The Morgan fingerprint density at radius 1 is 1.00 bits per heavy atom. The van der Waals surface area contributed by atoms with Gasteiger partial charge in [-0.15, -0.1) is 0 Å². The highest BCUT2D eigenvalue weighted by molar-refractivity contribution is 5.90. The minimum Gasteiger partial charge on any atom is -0.481 e.